The Bertz CT molecular complexity index is 664. The van der Waals surface area contributed by atoms with Crippen LogP contribution in [0.1, 0.15) is 22.9 Å². The van der Waals surface area contributed by atoms with Crippen LogP contribution in [0.4, 0.5) is 19.3 Å². The Kier molecular flexibility index (Phi) is 5.86. The monoisotopic (exact) mass is 341 g/mol. The van der Waals surface area contributed by atoms with E-state index in [1.807, 2.05) is 13.8 Å². The summed E-state index contributed by atoms with van der Waals surface area (Å²) in [6, 6.07) is 5.70. The molecule has 0 aliphatic heterocycles. The smallest absolute Gasteiger partial charge is 0.319 e. The van der Waals surface area contributed by atoms with Crippen molar-refractivity contribution in [1.82, 2.24) is 10.3 Å². The van der Waals surface area contributed by atoms with Gasteiger partial charge in [0.1, 0.15) is 17.4 Å². The molecule has 2 N–H and O–H groups in total. The molecular formula is C15H17F2N3O2S. The molecule has 0 saturated heterocycles. The van der Waals surface area contributed by atoms with E-state index in [9.17, 15) is 13.6 Å². The number of carbonyl (C=O) groups is 1. The van der Waals surface area contributed by atoms with Crippen LogP contribution in [0.5, 0.6) is 5.75 Å². The number of alkyl halides is 2. The number of hydrogen-bond donors (Lipinski definition) is 2. The van der Waals surface area contributed by atoms with Gasteiger partial charge in [-0.1, -0.05) is 12.1 Å². The Balaban J connectivity index is 1.97. The minimum Gasteiger partial charge on any atom is -0.485 e. The predicted octanol–water partition coefficient (Wildman–Crippen LogP) is 3.98. The molecule has 124 valence electrons. The Morgan fingerprint density at radius 2 is 2.13 bits per heavy atom. The Morgan fingerprint density at radius 1 is 1.39 bits per heavy atom. The third-order valence-electron chi connectivity index (χ3n) is 2.86. The number of ether oxygens (including phenoxy) is 1. The van der Waals surface area contributed by atoms with Gasteiger partial charge in [0.15, 0.2) is 0 Å². The maximum absolute atomic E-state index is 12.2. The quantitative estimate of drug-likeness (QED) is 0.835. The second kappa shape index (κ2) is 7.87. The van der Waals surface area contributed by atoms with E-state index < -0.39 is 19.1 Å². The van der Waals surface area contributed by atoms with Gasteiger partial charge < -0.3 is 15.4 Å². The van der Waals surface area contributed by atoms with E-state index >= 15 is 0 Å². The maximum atomic E-state index is 12.2. The van der Waals surface area contributed by atoms with E-state index in [4.69, 9.17) is 4.74 Å². The maximum Gasteiger partial charge on any atom is 0.319 e. The number of aromatic nitrogens is 1. The first kappa shape index (κ1) is 17.1. The molecule has 2 aromatic rings. The van der Waals surface area contributed by atoms with Gasteiger partial charge in [0.2, 0.25) is 0 Å². The zero-order chi connectivity index (χ0) is 16.8. The minimum absolute atomic E-state index is 0.195. The highest BCUT2D eigenvalue weighted by atomic mass is 32.1. The molecule has 2 rings (SSSR count). The molecule has 8 heteroatoms. The molecule has 5 nitrogen and oxygen atoms in total. The van der Waals surface area contributed by atoms with Gasteiger partial charge in [-0.3, -0.25) is 0 Å². The van der Waals surface area contributed by atoms with Crippen molar-refractivity contribution in [3.63, 3.8) is 0 Å². The fraction of sp³-hybridized carbons (Fsp3) is 0.333. The van der Waals surface area contributed by atoms with Crippen molar-refractivity contribution in [3.8, 4) is 5.75 Å². The number of hydrogen-bond acceptors (Lipinski definition) is 4. The van der Waals surface area contributed by atoms with Gasteiger partial charge in [-0.15, -0.1) is 11.3 Å². The molecule has 0 aliphatic rings. The standard InChI is InChI=1S/C15H17F2N3O2S/c1-9-7-18-14(23-9)10(2)19-15(21)20-11-5-3-4-6-12(11)22-8-13(16)17/h3-7,10,13H,8H2,1-2H3,(H2,19,20,21)/t10-/m1/s1. The van der Waals surface area contributed by atoms with Gasteiger partial charge in [0, 0.05) is 11.1 Å². The first-order valence-corrected chi connectivity index (χ1v) is 7.77. The lowest BCUT2D eigenvalue weighted by atomic mass is 10.3. The van der Waals surface area contributed by atoms with Gasteiger partial charge >= 0.3 is 6.03 Å². The van der Waals surface area contributed by atoms with Gasteiger partial charge in [-0.2, -0.15) is 0 Å². The number of nitrogens with one attached hydrogen (secondary N) is 2. The van der Waals surface area contributed by atoms with E-state index in [1.54, 1.807) is 24.4 Å². The largest absolute Gasteiger partial charge is 0.485 e. The molecule has 1 atom stereocenters. The SMILES string of the molecule is Cc1cnc([C@@H](C)NC(=O)Nc2ccccc2OCC(F)F)s1. The third-order valence-corrected chi connectivity index (χ3v) is 3.95. The topological polar surface area (TPSA) is 63.2 Å². The highest BCUT2D eigenvalue weighted by Crippen LogP contribution is 2.24. The van der Waals surface area contributed by atoms with Crippen LogP contribution in [0, 0.1) is 6.92 Å². The number of anilines is 1. The molecule has 23 heavy (non-hydrogen) atoms. The fourth-order valence-corrected chi connectivity index (χ4v) is 2.61. The average Bonchev–Trinajstić information content (AvgIpc) is 2.93. The minimum atomic E-state index is -2.58. The number of thiazole rings is 1. The molecule has 2 amide bonds. The summed E-state index contributed by atoms with van der Waals surface area (Å²) in [5.41, 5.74) is 0.327. The Morgan fingerprint density at radius 3 is 2.78 bits per heavy atom. The van der Waals surface area contributed by atoms with Gasteiger partial charge in [-0.25, -0.2) is 18.6 Å². The van der Waals surface area contributed by atoms with Gasteiger partial charge in [-0.05, 0) is 26.0 Å². The van der Waals surface area contributed by atoms with Gasteiger partial charge in [0.05, 0.1) is 11.7 Å². The van der Waals surface area contributed by atoms with Crippen LogP contribution in [-0.2, 0) is 0 Å². The van der Waals surface area contributed by atoms with Crippen LogP contribution < -0.4 is 15.4 Å². The lowest BCUT2D eigenvalue weighted by Crippen LogP contribution is -2.31. The molecule has 0 radical (unpaired) electrons. The van der Waals surface area contributed by atoms with Crippen LogP contribution in [0.15, 0.2) is 30.5 Å². The zero-order valence-corrected chi connectivity index (χ0v) is 13.5. The number of benzene rings is 1. The van der Waals surface area contributed by atoms with Crippen molar-refractivity contribution in [2.24, 2.45) is 0 Å². The third kappa shape index (κ3) is 5.17. The number of urea groups is 1. The molecule has 0 bridgehead atoms. The summed E-state index contributed by atoms with van der Waals surface area (Å²) in [6.45, 7) is 3.02. The number of nitrogens with zero attached hydrogens (tertiary/aromatic N) is 1. The summed E-state index contributed by atoms with van der Waals surface area (Å²) in [6.07, 6.45) is -0.839. The lowest BCUT2D eigenvalue weighted by Gasteiger charge is -2.15. The average molecular weight is 341 g/mol. The second-order valence-electron chi connectivity index (χ2n) is 4.83. The predicted molar refractivity (Wildman–Crippen MR) is 85.4 cm³/mol. The second-order valence-corrected chi connectivity index (χ2v) is 6.09. The van der Waals surface area contributed by atoms with Gasteiger partial charge in [0.25, 0.3) is 6.43 Å². The van der Waals surface area contributed by atoms with Crippen molar-refractivity contribution in [2.45, 2.75) is 26.3 Å². The van der Waals surface area contributed by atoms with Crippen molar-refractivity contribution < 1.29 is 18.3 Å². The Labute approximate surface area is 136 Å². The number of rotatable bonds is 6. The lowest BCUT2D eigenvalue weighted by molar-refractivity contribution is 0.0823. The number of carbonyl (C=O) groups excluding carboxylic acids is 1. The van der Waals surface area contributed by atoms with E-state index in [1.165, 1.54) is 17.4 Å². The van der Waals surface area contributed by atoms with Crippen LogP contribution in [0.25, 0.3) is 0 Å². The van der Waals surface area contributed by atoms with Crippen LogP contribution in [0.3, 0.4) is 0 Å². The molecule has 0 aliphatic carbocycles. The van der Waals surface area contributed by atoms with Crippen molar-refractivity contribution in [1.29, 1.82) is 0 Å². The number of halogens is 2. The summed E-state index contributed by atoms with van der Waals surface area (Å²) in [5, 5.41) is 6.13. The van der Waals surface area contributed by atoms with E-state index in [-0.39, 0.29) is 11.8 Å². The molecule has 1 aromatic carbocycles. The van der Waals surface area contributed by atoms with E-state index in [2.05, 4.69) is 15.6 Å². The molecule has 0 saturated carbocycles. The summed E-state index contributed by atoms with van der Waals surface area (Å²) in [7, 11) is 0. The first-order chi connectivity index (χ1) is 11.0. The number of aryl methyl sites for hydroxylation is 1. The van der Waals surface area contributed by atoms with Crippen molar-refractivity contribution in [3.05, 3.63) is 40.3 Å². The first-order valence-electron chi connectivity index (χ1n) is 6.95. The summed E-state index contributed by atoms with van der Waals surface area (Å²) in [5.74, 6) is 0.195. The highest BCUT2D eigenvalue weighted by Gasteiger charge is 2.14. The highest BCUT2D eigenvalue weighted by molar-refractivity contribution is 7.11. The van der Waals surface area contributed by atoms with Crippen molar-refractivity contribution >= 4 is 23.1 Å². The number of amides is 2. The van der Waals surface area contributed by atoms with Crippen LogP contribution in [0.2, 0.25) is 0 Å². The zero-order valence-electron chi connectivity index (χ0n) is 12.7. The van der Waals surface area contributed by atoms with Crippen LogP contribution in [-0.4, -0.2) is 24.0 Å². The summed E-state index contributed by atoms with van der Waals surface area (Å²) < 4.78 is 29.5. The Hall–Kier alpha value is -2.22. The fourth-order valence-electron chi connectivity index (χ4n) is 1.84. The van der Waals surface area contributed by atoms with Crippen molar-refractivity contribution in [2.75, 3.05) is 11.9 Å². The summed E-state index contributed by atoms with van der Waals surface area (Å²) in [4.78, 5) is 17.3. The molecule has 1 heterocycles. The molecule has 0 spiro atoms. The van der Waals surface area contributed by atoms with Crippen LogP contribution >= 0.6 is 11.3 Å². The van der Waals surface area contributed by atoms with E-state index in [0.717, 1.165) is 9.88 Å². The van der Waals surface area contributed by atoms with E-state index in [0.29, 0.717) is 5.69 Å². The molecule has 0 fully saturated rings. The normalized spacial score (nSPS) is 12.0. The molecule has 0 unspecified atom stereocenters. The number of para-hydroxylation sites is 2. The summed E-state index contributed by atoms with van der Waals surface area (Å²) >= 11 is 1.50. The molecule has 1 aromatic heterocycles. The molecular weight excluding hydrogens is 324 g/mol.